The number of hydrogen-bond donors (Lipinski definition) is 1. The minimum Gasteiger partial charge on any atom is -0.345 e. The predicted octanol–water partition coefficient (Wildman–Crippen LogP) is 2.93. The molecule has 0 amide bonds. The first-order valence-corrected chi connectivity index (χ1v) is 5.20. The average molecular weight is 209 g/mol. The van der Waals surface area contributed by atoms with Gasteiger partial charge in [-0.15, -0.1) is 0 Å². The maximum absolute atomic E-state index is 4.54. The summed E-state index contributed by atoms with van der Waals surface area (Å²) in [4.78, 5) is 11.9. The van der Waals surface area contributed by atoms with Crippen LogP contribution in [0.5, 0.6) is 0 Å². The number of aryl methyl sites for hydroxylation is 1. The summed E-state index contributed by atoms with van der Waals surface area (Å²) >= 11 is 0. The van der Waals surface area contributed by atoms with Crippen molar-refractivity contribution < 1.29 is 0 Å². The van der Waals surface area contributed by atoms with Crippen molar-refractivity contribution in [3.63, 3.8) is 0 Å². The van der Waals surface area contributed by atoms with Gasteiger partial charge in [-0.1, -0.05) is 29.8 Å². The van der Waals surface area contributed by atoms with Crippen molar-refractivity contribution in [1.82, 2.24) is 15.0 Å². The molecule has 0 radical (unpaired) electrons. The molecule has 1 aromatic carbocycles. The topological polar surface area (TPSA) is 41.6 Å². The number of rotatable bonds is 1. The highest BCUT2D eigenvalue weighted by molar-refractivity contribution is 5.74. The fraction of sp³-hybridized carbons (Fsp3) is 0.0769. The van der Waals surface area contributed by atoms with E-state index >= 15 is 0 Å². The summed E-state index contributed by atoms with van der Waals surface area (Å²) in [6.45, 7) is 2.07. The Morgan fingerprint density at radius 3 is 2.69 bits per heavy atom. The number of nitrogens with one attached hydrogen (secondary N) is 1. The van der Waals surface area contributed by atoms with Gasteiger partial charge in [-0.05, 0) is 13.0 Å². The summed E-state index contributed by atoms with van der Waals surface area (Å²) in [6, 6.07) is 10.2. The summed E-state index contributed by atoms with van der Waals surface area (Å²) in [5.74, 6) is 0. The fourth-order valence-electron chi connectivity index (χ4n) is 1.69. The largest absolute Gasteiger partial charge is 0.345 e. The Bertz CT molecular complexity index is 623. The Morgan fingerprint density at radius 1 is 1.06 bits per heavy atom. The smallest absolute Gasteiger partial charge is 0.156 e. The first-order valence-electron chi connectivity index (χ1n) is 5.20. The van der Waals surface area contributed by atoms with Crippen LogP contribution in [-0.2, 0) is 0 Å². The predicted molar refractivity (Wildman–Crippen MR) is 64.1 cm³/mol. The van der Waals surface area contributed by atoms with E-state index in [-0.39, 0.29) is 0 Å². The highest BCUT2D eigenvalue weighted by Gasteiger charge is 2.02. The van der Waals surface area contributed by atoms with Crippen LogP contribution < -0.4 is 0 Å². The molecule has 0 spiro atoms. The monoisotopic (exact) mass is 209 g/mol. The molecule has 0 unspecified atom stereocenters. The third kappa shape index (κ3) is 1.46. The standard InChI is InChI=1S/C13H11N3/c1-9-2-4-10(5-3-9)12-8-15-13-11(16-12)6-7-14-13/h2-8H,1H3,(H,14,15). The lowest BCUT2D eigenvalue weighted by molar-refractivity contribution is 1.26. The van der Waals surface area contributed by atoms with Crippen LogP contribution in [0.3, 0.4) is 0 Å². The molecule has 0 aliphatic rings. The lowest BCUT2D eigenvalue weighted by Crippen LogP contribution is -1.86. The molecule has 2 aromatic heterocycles. The van der Waals surface area contributed by atoms with Crippen molar-refractivity contribution in [3.05, 3.63) is 48.3 Å². The van der Waals surface area contributed by atoms with Crippen LogP contribution in [0.25, 0.3) is 22.4 Å². The van der Waals surface area contributed by atoms with Crippen LogP contribution in [0.2, 0.25) is 0 Å². The SMILES string of the molecule is Cc1ccc(-c2cnc3[nH]ccc3n2)cc1. The van der Waals surface area contributed by atoms with Crippen molar-refractivity contribution in [1.29, 1.82) is 0 Å². The van der Waals surface area contributed by atoms with E-state index < -0.39 is 0 Å². The zero-order valence-electron chi connectivity index (χ0n) is 8.94. The number of H-pyrrole nitrogens is 1. The van der Waals surface area contributed by atoms with Gasteiger partial charge in [-0.3, -0.25) is 0 Å². The molecular weight excluding hydrogens is 198 g/mol. The average Bonchev–Trinajstić information content (AvgIpc) is 2.77. The minimum absolute atomic E-state index is 0.830. The Balaban J connectivity index is 2.14. The normalized spacial score (nSPS) is 10.8. The third-order valence-electron chi connectivity index (χ3n) is 2.61. The third-order valence-corrected chi connectivity index (χ3v) is 2.61. The van der Waals surface area contributed by atoms with E-state index in [1.165, 1.54) is 5.56 Å². The van der Waals surface area contributed by atoms with E-state index in [1.54, 1.807) is 6.20 Å². The van der Waals surface area contributed by atoms with Gasteiger partial charge in [-0.2, -0.15) is 0 Å². The molecule has 0 saturated heterocycles. The van der Waals surface area contributed by atoms with Gasteiger partial charge in [0, 0.05) is 11.8 Å². The van der Waals surface area contributed by atoms with Gasteiger partial charge in [0.1, 0.15) is 5.52 Å². The van der Waals surface area contributed by atoms with Gasteiger partial charge >= 0.3 is 0 Å². The molecule has 0 atom stereocenters. The van der Waals surface area contributed by atoms with Crippen LogP contribution in [-0.4, -0.2) is 15.0 Å². The lowest BCUT2D eigenvalue weighted by Gasteiger charge is -2.00. The quantitative estimate of drug-likeness (QED) is 0.669. The molecule has 78 valence electrons. The summed E-state index contributed by atoms with van der Waals surface area (Å²) in [5.41, 5.74) is 4.99. The lowest BCUT2D eigenvalue weighted by atomic mass is 10.1. The summed E-state index contributed by atoms with van der Waals surface area (Å²) in [5, 5.41) is 0. The van der Waals surface area contributed by atoms with Gasteiger partial charge in [-0.25, -0.2) is 9.97 Å². The minimum atomic E-state index is 0.830. The summed E-state index contributed by atoms with van der Waals surface area (Å²) < 4.78 is 0. The van der Waals surface area contributed by atoms with E-state index in [4.69, 9.17) is 0 Å². The van der Waals surface area contributed by atoms with Crippen molar-refractivity contribution >= 4 is 11.2 Å². The number of aromatic nitrogens is 3. The number of fused-ring (bicyclic) bond motifs is 1. The van der Waals surface area contributed by atoms with Crippen LogP contribution >= 0.6 is 0 Å². The van der Waals surface area contributed by atoms with Gasteiger partial charge in [0.2, 0.25) is 0 Å². The van der Waals surface area contributed by atoms with Crippen molar-refractivity contribution in [2.24, 2.45) is 0 Å². The first-order chi connectivity index (χ1) is 7.83. The molecule has 1 N–H and O–H groups in total. The molecule has 0 aliphatic heterocycles. The van der Waals surface area contributed by atoms with E-state index in [0.717, 1.165) is 22.4 Å². The number of aromatic amines is 1. The maximum atomic E-state index is 4.54. The van der Waals surface area contributed by atoms with Crippen molar-refractivity contribution in [3.8, 4) is 11.3 Å². The number of nitrogens with zero attached hydrogens (tertiary/aromatic N) is 2. The molecule has 2 heterocycles. The van der Waals surface area contributed by atoms with Crippen LogP contribution in [0.1, 0.15) is 5.56 Å². The van der Waals surface area contributed by atoms with Crippen LogP contribution in [0, 0.1) is 6.92 Å². The second kappa shape index (κ2) is 3.45. The summed E-state index contributed by atoms with van der Waals surface area (Å²) in [6.07, 6.45) is 3.65. The van der Waals surface area contributed by atoms with Crippen molar-refractivity contribution in [2.45, 2.75) is 6.92 Å². The zero-order valence-corrected chi connectivity index (χ0v) is 8.94. The Labute approximate surface area is 93.2 Å². The van der Waals surface area contributed by atoms with Gasteiger partial charge < -0.3 is 4.98 Å². The van der Waals surface area contributed by atoms with Gasteiger partial charge in [0.15, 0.2) is 5.65 Å². The van der Waals surface area contributed by atoms with Gasteiger partial charge in [0.05, 0.1) is 11.9 Å². The van der Waals surface area contributed by atoms with Crippen LogP contribution in [0.15, 0.2) is 42.7 Å². The maximum Gasteiger partial charge on any atom is 0.156 e. The fourth-order valence-corrected chi connectivity index (χ4v) is 1.69. The second-order valence-electron chi connectivity index (χ2n) is 3.83. The second-order valence-corrected chi connectivity index (χ2v) is 3.83. The first kappa shape index (κ1) is 9.09. The Morgan fingerprint density at radius 2 is 1.88 bits per heavy atom. The molecule has 0 fully saturated rings. The molecule has 3 rings (SSSR count). The van der Waals surface area contributed by atoms with Gasteiger partial charge in [0.25, 0.3) is 0 Å². The molecule has 0 aliphatic carbocycles. The van der Waals surface area contributed by atoms with Crippen molar-refractivity contribution in [2.75, 3.05) is 0 Å². The molecule has 3 aromatic rings. The molecule has 3 nitrogen and oxygen atoms in total. The van der Waals surface area contributed by atoms with Crippen LogP contribution in [0.4, 0.5) is 0 Å². The molecular formula is C13H11N3. The molecule has 0 saturated carbocycles. The Kier molecular flexibility index (Phi) is 1.96. The van der Waals surface area contributed by atoms with E-state index in [1.807, 2.05) is 12.3 Å². The Hall–Kier alpha value is -2.16. The zero-order chi connectivity index (χ0) is 11.0. The molecule has 16 heavy (non-hydrogen) atoms. The highest BCUT2D eigenvalue weighted by atomic mass is 14.9. The van der Waals surface area contributed by atoms with E-state index in [2.05, 4.69) is 46.1 Å². The highest BCUT2D eigenvalue weighted by Crippen LogP contribution is 2.18. The molecule has 3 heteroatoms. The van der Waals surface area contributed by atoms with E-state index in [0.29, 0.717) is 0 Å². The number of benzene rings is 1. The molecule has 0 bridgehead atoms. The summed E-state index contributed by atoms with van der Waals surface area (Å²) in [7, 11) is 0. The van der Waals surface area contributed by atoms with E-state index in [9.17, 15) is 0 Å². The number of hydrogen-bond acceptors (Lipinski definition) is 2.